The van der Waals surface area contributed by atoms with Gasteiger partial charge in [-0.25, -0.2) is 0 Å². The van der Waals surface area contributed by atoms with Crippen molar-refractivity contribution in [2.75, 3.05) is 0 Å². The van der Waals surface area contributed by atoms with Crippen LogP contribution in [0.3, 0.4) is 0 Å². The number of hydrogen-bond donors (Lipinski definition) is 1. The molecule has 0 unspecified atom stereocenters. The summed E-state index contributed by atoms with van der Waals surface area (Å²) in [6.45, 7) is 0. The van der Waals surface area contributed by atoms with E-state index in [1.54, 1.807) is 17.8 Å². The fraction of sp³-hybridized carbons (Fsp3) is 0.333. The van der Waals surface area contributed by atoms with Crippen LogP contribution in [-0.4, -0.2) is 20.4 Å². The lowest BCUT2D eigenvalue weighted by Crippen LogP contribution is -2.16. The predicted molar refractivity (Wildman–Crippen MR) is 64.1 cm³/mol. The van der Waals surface area contributed by atoms with E-state index in [-0.39, 0.29) is 12.0 Å². The van der Waals surface area contributed by atoms with Crippen molar-refractivity contribution in [3.8, 4) is 0 Å². The first kappa shape index (κ1) is 11.4. The van der Waals surface area contributed by atoms with Gasteiger partial charge in [-0.3, -0.25) is 19.0 Å². The smallest absolute Gasteiger partial charge is 0.303 e. The van der Waals surface area contributed by atoms with Crippen LogP contribution in [0.15, 0.2) is 23.0 Å². The maximum absolute atomic E-state index is 11.8. The van der Waals surface area contributed by atoms with E-state index in [9.17, 15) is 9.59 Å². The van der Waals surface area contributed by atoms with Crippen LogP contribution < -0.4 is 5.56 Å². The van der Waals surface area contributed by atoms with Gasteiger partial charge in [-0.2, -0.15) is 0 Å². The summed E-state index contributed by atoms with van der Waals surface area (Å²) in [6, 6.07) is 5.45. The molecule has 17 heavy (non-hydrogen) atoms. The Bertz CT molecular complexity index is 637. The third kappa shape index (κ3) is 1.95. The molecule has 0 saturated heterocycles. The van der Waals surface area contributed by atoms with Crippen molar-refractivity contribution in [3.63, 3.8) is 0 Å². The van der Waals surface area contributed by atoms with Gasteiger partial charge in [0.1, 0.15) is 0 Å². The van der Waals surface area contributed by atoms with Gasteiger partial charge in [-0.05, 0) is 24.1 Å². The van der Waals surface area contributed by atoms with Gasteiger partial charge < -0.3 is 5.11 Å². The van der Waals surface area contributed by atoms with E-state index in [0.29, 0.717) is 11.8 Å². The monoisotopic (exact) mass is 234 g/mol. The summed E-state index contributed by atoms with van der Waals surface area (Å²) in [6.07, 6.45) is 0.584. The molecular formula is C12H14N2O3. The molecule has 5 heteroatoms. The summed E-state index contributed by atoms with van der Waals surface area (Å²) >= 11 is 0. The summed E-state index contributed by atoms with van der Waals surface area (Å²) in [5.41, 5.74) is 1.73. The van der Waals surface area contributed by atoms with Crippen molar-refractivity contribution < 1.29 is 9.90 Å². The summed E-state index contributed by atoms with van der Waals surface area (Å²) in [5, 5.41) is 9.29. The average molecular weight is 234 g/mol. The van der Waals surface area contributed by atoms with Crippen LogP contribution >= 0.6 is 0 Å². The molecule has 0 aliphatic heterocycles. The van der Waals surface area contributed by atoms with E-state index >= 15 is 0 Å². The molecule has 5 nitrogen and oxygen atoms in total. The van der Waals surface area contributed by atoms with E-state index < -0.39 is 5.97 Å². The third-order valence-corrected chi connectivity index (χ3v) is 3.01. The molecule has 0 spiro atoms. The number of fused-ring (bicyclic) bond motifs is 1. The molecule has 0 aliphatic carbocycles. The lowest BCUT2D eigenvalue weighted by atomic mass is 10.1. The number of benzene rings is 1. The largest absolute Gasteiger partial charge is 0.481 e. The Balaban J connectivity index is 2.47. The number of hydrogen-bond acceptors (Lipinski definition) is 2. The zero-order valence-corrected chi connectivity index (χ0v) is 9.80. The Labute approximate surface area is 97.9 Å². The molecule has 1 heterocycles. The van der Waals surface area contributed by atoms with Gasteiger partial charge in [0, 0.05) is 20.5 Å². The fourth-order valence-electron chi connectivity index (χ4n) is 1.90. The molecule has 0 aliphatic rings. The molecule has 0 fully saturated rings. The first-order valence-corrected chi connectivity index (χ1v) is 5.37. The second-order valence-corrected chi connectivity index (χ2v) is 4.10. The van der Waals surface area contributed by atoms with Gasteiger partial charge in [-0.15, -0.1) is 0 Å². The highest BCUT2D eigenvalue weighted by Gasteiger charge is 2.08. The van der Waals surface area contributed by atoms with Crippen LogP contribution in [0.25, 0.3) is 10.9 Å². The SMILES string of the molecule is Cn1c(=O)c2ccc(CCC(=O)O)cc2n1C. The minimum absolute atomic E-state index is 0.0349. The number of carbonyl (C=O) groups is 1. The Morgan fingerprint density at radius 2 is 2.00 bits per heavy atom. The molecule has 1 aromatic carbocycles. The zero-order chi connectivity index (χ0) is 12.6. The number of aromatic nitrogens is 2. The van der Waals surface area contributed by atoms with Crippen LogP contribution in [0.4, 0.5) is 0 Å². The van der Waals surface area contributed by atoms with Gasteiger partial charge in [0.15, 0.2) is 0 Å². The van der Waals surface area contributed by atoms with Crippen molar-refractivity contribution in [1.82, 2.24) is 9.36 Å². The summed E-state index contributed by atoms with van der Waals surface area (Å²) in [5.74, 6) is -0.813. The molecule has 1 N–H and O–H groups in total. The van der Waals surface area contributed by atoms with Crippen molar-refractivity contribution in [1.29, 1.82) is 0 Å². The van der Waals surface area contributed by atoms with E-state index in [1.807, 2.05) is 19.2 Å². The van der Waals surface area contributed by atoms with Crippen molar-refractivity contribution in [2.45, 2.75) is 12.8 Å². The Hall–Kier alpha value is -2.04. The highest BCUT2D eigenvalue weighted by atomic mass is 16.4. The lowest BCUT2D eigenvalue weighted by molar-refractivity contribution is -0.136. The molecule has 0 atom stereocenters. The maximum Gasteiger partial charge on any atom is 0.303 e. The molecule has 0 saturated carbocycles. The van der Waals surface area contributed by atoms with E-state index in [0.717, 1.165) is 11.1 Å². The number of carboxylic acid groups (broad SMARTS) is 1. The first-order chi connectivity index (χ1) is 8.00. The first-order valence-electron chi connectivity index (χ1n) is 5.37. The number of rotatable bonds is 3. The van der Waals surface area contributed by atoms with Crippen LogP contribution in [-0.2, 0) is 25.3 Å². The number of carboxylic acids is 1. The number of nitrogens with zero attached hydrogens (tertiary/aromatic N) is 2. The van der Waals surface area contributed by atoms with E-state index in [1.165, 1.54) is 4.68 Å². The van der Waals surface area contributed by atoms with Crippen LogP contribution in [0, 0.1) is 0 Å². The molecule has 90 valence electrons. The Kier molecular flexibility index (Phi) is 2.75. The van der Waals surface area contributed by atoms with Crippen molar-refractivity contribution in [3.05, 3.63) is 34.1 Å². The van der Waals surface area contributed by atoms with Gasteiger partial charge >= 0.3 is 5.97 Å². The molecule has 0 radical (unpaired) electrons. The highest BCUT2D eigenvalue weighted by molar-refractivity contribution is 5.79. The number of aryl methyl sites for hydroxylation is 2. The van der Waals surface area contributed by atoms with E-state index in [2.05, 4.69) is 0 Å². The van der Waals surface area contributed by atoms with Crippen LogP contribution in [0.5, 0.6) is 0 Å². The molecule has 1 aromatic heterocycles. The minimum Gasteiger partial charge on any atom is -0.481 e. The predicted octanol–water partition coefficient (Wildman–Crippen LogP) is 0.894. The summed E-state index contributed by atoms with van der Waals surface area (Å²) in [4.78, 5) is 22.3. The van der Waals surface area contributed by atoms with Gasteiger partial charge in [0.2, 0.25) is 0 Å². The molecular weight excluding hydrogens is 220 g/mol. The Morgan fingerprint density at radius 1 is 1.29 bits per heavy atom. The van der Waals surface area contributed by atoms with Crippen LogP contribution in [0.2, 0.25) is 0 Å². The van der Waals surface area contributed by atoms with Gasteiger partial charge in [0.05, 0.1) is 10.9 Å². The Morgan fingerprint density at radius 3 is 2.65 bits per heavy atom. The van der Waals surface area contributed by atoms with Crippen molar-refractivity contribution in [2.24, 2.45) is 14.1 Å². The summed E-state index contributed by atoms with van der Waals surface area (Å²) in [7, 11) is 3.52. The standard InChI is InChI=1S/C12H14N2O3/c1-13-10-7-8(4-6-11(15)16)3-5-9(10)12(17)14(13)2/h3,5,7H,4,6H2,1-2H3,(H,15,16). The lowest BCUT2D eigenvalue weighted by Gasteiger charge is -2.02. The van der Waals surface area contributed by atoms with Crippen molar-refractivity contribution >= 4 is 16.9 Å². The average Bonchev–Trinajstić information content (AvgIpc) is 2.52. The third-order valence-electron chi connectivity index (χ3n) is 3.01. The quantitative estimate of drug-likeness (QED) is 0.858. The normalized spacial score (nSPS) is 10.9. The van der Waals surface area contributed by atoms with Gasteiger partial charge in [0.25, 0.3) is 5.56 Å². The summed E-state index contributed by atoms with van der Waals surface area (Å²) < 4.78 is 3.30. The maximum atomic E-state index is 11.8. The topological polar surface area (TPSA) is 64.2 Å². The minimum atomic E-state index is -0.813. The number of aliphatic carboxylic acids is 1. The molecule has 0 amide bonds. The second-order valence-electron chi connectivity index (χ2n) is 4.10. The fourth-order valence-corrected chi connectivity index (χ4v) is 1.90. The molecule has 2 rings (SSSR count). The second kappa shape index (κ2) is 4.08. The van der Waals surface area contributed by atoms with E-state index in [4.69, 9.17) is 5.11 Å². The van der Waals surface area contributed by atoms with Crippen LogP contribution in [0.1, 0.15) is 12.0 Å². The molecule has 2 aromatic rings. The highest BCUT2D eigenvalue weighted by Crippen LogP contribution is 2.14. The molecule has 0 bridgehead atoms. The zero-order valence-electron chi connectivity index (χ0n) is 9.80. The van der Waals surface area contributed by atoms with Gasteiger partial charge in [-0.1, -0.05) is 6.07 Å².